The minimum absolute atomic E-state index is 0.0373. The van der Waals surface area contributed by atoms with E-state index in [2.05, 4.69) is 18.3 Å². The minimum Gasteiger partial charge on any atom is -0.324 e. The van der Waals surface area contributed by atoms with E-state index in [1.807, 2.05) is 30.9 Å². The summed E-state index contributed by atoms with van der Waals surface area (Å²) < 4.78 is 0. The van der Waals surface area contributed by atoms with Crippen LogP contribution in [0.4, 0.5) is 10.5 Å². The number of nitrogens with zero attached hydrogens (tertiary/aromatic N) is 1. The molecule has 18 heavy (non-hydrogen) atoms. The number of aryl methyl sites for hydroxylation is 2. The van der Waals surface area contributed by atoms with Crippen molar-refractivity contribution in [3.8, 4) is 0 Å². The lowest BCUT2D eigenvalue weighted by Gasteiger charge is -2.31. The fraction of sp³-hybridized carbons (Fsp3) is 0.533. The van der Waals surface area contributed by atoms with Gasteiger partial charge >= 0.3 is 6.03 Å². The summed E-state index contributed by atoms with van der Waals surface area (Å²) in [5.74, 6) is 0.614. The Morgan fingerprint density at radius 3 is 2.89 bits per heavy atom. The molecule has 1 aromatic carbocycles. The molecule has 1 fully saturated rings. The maximum Gasteiger partial charge on any atom is 0.321 e. The molecule has 3 nitrogen and oxygen atoms in total. The van der Waals surface area contributed by atoms with Crippen molar-refractivity contribution in [2.75, 3.05) is 18.4 Å². The maximum atomic E-state index is 12.2. The second-order valence-electron chi connectivity index (χ2n) is 5.44. The molecule has 1 aromatic rings. The van der Waals surface area contributed by atoms with Gasteiger partial charge in [-0.1, -0.05) is 19.1 Å². The van der Waals surface area contributed by atoms with E-state index in [-0.39, 0.29) is 6.03 Å². The number of anilines is 1. The minimum atomic E-state index is 0.0373. The molecule has 0 spiro atoms. The van der Waals surface area contributed by atoms with Crippen molar-refractivity contribution in [3.05, 3.63) is 29.3 Å². The first-order valence-electron chi connectivity index (χ1n) is 6.69. The normalized spacial score (nSPS) is 19.7. The maximum absolute atomic E-state index is 12.2. The van der Waals surface area contributed by atoms with E-state index in [4.69, 9.17) is 0 Å². The molecule has 0 aliphatic carbocycles. The third-order valence-corrected chi connectivity index (χ3v) is 3.58. The number of amides is 2. The van der Waals surface area contributed by atoms with Crippen LogP contribution in [-0.4, -0.2) is 24.0 Å². The molecular weight excluding hydrogens is 224 g/mol. The van der Waals surface area contributed by atoms with Gasteiger partial charge in [0.1, 0.15) is 0 Å². The molecule has 1 saturated heterocycles. The van der Waals surface area contributed by atoms with Crippen LogP contribution >= 0.6 is 0 Å². The lowest BCUT2D eigenvalue weighted by Crippen LogP contribution is -2.41. The summed E-state index contributed by atoms with van der Waals surface area (Å²) in [4.78, 5) is 14.1. The van der Waals surface area contributed by atoms with Gasteiger partial charge in [0.05, 0.1) is 0 Å². The molecule has 2 rings (SSSR count). The SMILES string of the molecule is Cc1ccc(C)c(NC(=O)N2CCCC(C)C2)c1. The van der Waals surface area contributed by atoms with Gasteiger partial charge in [-0.2, -0.15) is 0 Å². The molecule has 0 bridgehead atoms. The van der Waals surface area contributed by atoms with E-state index in [9.17, 15) is 4.79 Å². The van der Waals surface area contributed by atoms with Gasteiger partial charge in [-0.15, -0.1) is 0 Å². The molecule has 1 aliphatic heterocycles. The summed E-state index contributed by atoms with van der Waals surface area (Å²) in [5, 5.41) is 3.03. The van der Waals surface area contributed by atoms with Crippen LogP contribution in [0, 0.1) is 19.8 Å². The highest BCUT2D eigenvalue weighted by atomic mass is 16.2. The van der Waals surface area contributed by atoms with Crippen LogP contribution in [0.25, 0.3) is 0 Å². The summed E-state index contributed by atoms with van der Waals surface area (Å²) in [7, 11) is 0. The van der Waals surface area contributed by atoms with Crippen molar-refractivity contribution in [2.45, 2.75) is 33.6 Å². The molecule has 3 heteroatoms. The molecule has 98 valence electrons. The zero-order valence-corrected chi connectivity index (χ0v) is 11.5. The number of hydrogen-bond acceptors (Lipinski definition) is 1. The highest BCUT2D eigenvalue weighted by molar-refractivity contribution is 5.90. The van der Waals surface area contributed by atoms with E-state index in [1.54, 1.807) is 0 Å². The largest absolute Gasteiger partial charge is 0.324 e. The van der Waals surface area contributed by atoms with Crippen LogP contribution < -0.4 is 5.32 Å². The first kappa shape index (κ1) is 12.9. The first-order valence-corrected chi connectivity index (χ1v) is 6.69. The number of likely N-dealkylation sites (tertiary alicyclic amines) is 1. The van der Waals surface area contributed by atoms with Crippen LogP contribution in [0.3, 0.4) is 0 Å². The van der Waals surface area contributed by atoms with Crippen molar-refractivity contribution in [2.24, 2.45) is 5.92 Å². The number of nitrogens with one attached hydrogen (secondary N) is 1. The number of benzene rings is 1. The molecule has 1 aliphatic rings. The quantitative estimate of drug-likeness (QED) is 0.807. The fourth-order valence-electron chi connectivity index (χ4n) is 2.44. The summed E-state index contributed by atoms with van der Waals surface area (Å²) in [5.41, 5.74) is 3.21. The Morgan fingerprint density at radius 2 is 2.17 bits per heavy atom. The Balaban J connectivity index is 2.04. The third-order valence-electron chi connectivity index (χ3n) is 3.58. The molecule has 0 radical (unpaired) electrons. The van der Waals surface area contributed by atoms with Crippen molar-refractivity contribution < 1.29 is 4.79 Å². The molecular formula is C15H22N2O. The summed E-state index contributed by atoms with van der Waals surface area (Å²) in [6.45, 7) is 8.01. The number of carbonyl (C=O) groups excluding carboxylic acids is 1. The van der Waals surface area contributed by atoms with E-state index < -0.39 is 0 Å². The van der Waals surface area contributed by atoms with Gasteiger partial charge < -0.3 is 10.2 Å². The molecule has 1 N–H and O–H groups in total. The summed E-state index contributed by atoms with van der Waals surface area (Å²) in [6.07, 6.45) is 2.34. The van der Waals surface area contributed by atoms with Crippen LogP contribution in [0.2, 0.25) is 0 Å². The third kappa shape index (κ3) is 3.03. The zero-order chi connectivity index (χ0) is 13.1. The Labute approximate surface area is 109 Å². The number of rotatable bonds is 1. The lowest BCUT2D eigenvalue weighted by molar-refractivity contribution is 0.182. The number of urea groups is 1. The van der Waals surface area contributed by atoms with Crippen LogP contribution in [-0.2, 0) is 0 Å². The van der Waals surface area contributed by atoms with E-state index in [0.717, 1.165) is 30.8 Å². The van der Waals surface area contributed by atoms with E-state index >= 15 is 0 Å². The summed E-state index contributed by atoms with van der Waals surface area (Å²) >= 11 is 0. The monoisotopic (exact) mass is 246 g/mol. The van der Waals surface area contributed by atoms with Gasteiger partial charge in [-0.05, 0) is 49.8 Å². The number of carbonyl (C=O) groups is 1. The van der Waals surface area contributed by atoms with E-state index in [1.165, 1.54) is 12.0 Å². The standard InChI is InChI=1S/C15H22N2O/c1-11-6-7-13(3)14(9-11)16-15(18)17-8-4-5-12(2)10-17/h6-7,9,12H,4-5,8,10H2,1-3H3,(H,16,18). The number of piperidine rings is 1. The van der Waals surface area contributed by atoms with Crippen LogP contribution in [0.5, 0.6) is 0 Å². The first-order chi connectivity index (χ1) is 8.56. The highest BCUT2D eigenvalue weighted by Crippen LogP contribution is 2.19. The topological polar surface area (TPSA) is 32.3 Å². The van der Waals surface area contributed by atoms with Gasteiger partial charge in [0.25, 0.3) is 0 Å². The van der Waals surface area contributed by atoms with Crippen LogP contribution in [0.15, 0.2) is 18.2 Å². The van der Waals surface area contributed by atoms with Gasteiger partial charge in [0.2, 0.25) is 0 Å². The fourth-order valence-corrected chi connectivity index (χ4v) is 2.44. The van der Waals surface area contributed by atoms with Crippen molar-refractivity contribution >= 4 is 11.7 Å². The van der Waals surface area contributed by atoms with Gasteiger partial charge in [-0.3, -0.25) is 0 Å². The average molecular weight is 246 g/mol. The van der Waals surface area contributed by atoms with Gasteiger partial charge in [0, 0.05) is 18.8 Å². The Hall–Kier alpha value is -1.51. The zero-order valence-electron chi connectivity index (χ0n) is 11.5. The van der Waals surface area contributed by atoms with E-state index in [0.29, 0.717) is 5.92 Å². The molecule has 1 heterocycles. The summed E-state index contributed by atoms with van der Waals surface area (Å²) in [6, 6.07) is 6.17. The lowest BCUT2D eigenvalue weighted by atomic mass is 10.0. The smallest absolute Gasteiger partial charge is 0.321 e. The Morgan fingerprint density at radius 1 is 1.39 bits per heavy atom. The average Bonchev–Trinajstić information content (AvgIpc) is 2.34. The second kappa shape index (κ2) is 5.42. The molecule has 1 unspecified atom stereocenters. The van der Waals surface area contributed by atoms with Crippen molar-refractivity contribution in [1.29, 1.82) is 0 Å². The van der Waals surface area contributed by atoms with Crippen molar-refractivity contribution in [1.82, 2.24) is 4.90 Å². The molecule has 0 saturated carbocycles. The van der Waals surface area contributed by atoms with Crippen LogP contribution in [0.1, 0.15) is 30.9 Å². The highest BCUT2D eigenvalue weighted by Gasteiger charge is 2.21. The second-order valence-corrected chi connectivity index (χ2v) is 5.44. The van der Waals surface area contributed by atoms with Gasteiger partial charge in [-0.25, -0.2) is 4.79 Å². The Bertz CT molecular complexity index is 442. The Kier molecular flexibility index (Phi) is 3.90. The predicted molar refractivity (Wildman–Crippen MR) is 74.9 cm³/mol. The van der Waals surface area contributed by atoms with Crippen molar-refractivity contribution in [3.63, 3.8) is 0 Å². The molecule has 2 amide bonds. The van der Waals surface area contributed by atoms with Gasteiger partial charge in [0.15, 0.2) is 0 Å². The molecule has 1 atom stereocenters. The molecule has 0 aromatic heterocycles. The predicted octanol–water partition coefficient (Wildman–Crippen LogP) is 3.57. The number of hydrogen-bond donors (Lipinski definition) is 1.